The summed E-state index contributed by atoms with van der Waals surface area (Å²) >= 11 is 0. The molecule has 1 aliphatic heterocycles. The summed E-state index contributed by atoms with van der Waals surface area (Å²) < 4.78 is 1.62. The highest BCUT2D eigenvalue weighted by molar-refractivity contribution is 5.95. The van der Waals surface area contributed by atoms with E-state index in [9.17, 15) is 9.59 Å². The van der Waals surface area contributed by atoms with Gasteiger partial charge in [0.2, 0.25) is 5.91 Å². The molecular weight excluding hydrogens is 304 g/mol. The Balaban J connectivity index is 1.93. The number of carbonyl (C=O) groups is 2. The molecule has 1 fully saturated rings. The SMILES string of the molecule is CCC(=O)Nc1cc(C(=O)N2CCCCC2)nn1-c1ccccc1. The fourth-order valence-electron chi connectivity index (χ4n) is 2.83. The first-order chi connectivity index (χ1) is 11.7. The van der Waals surface area contributed by atoms with Gasteiger partial charge in [-0.05, 0) is 31.4 Å². The molecule has 126 valence electrons. The summed E-state index contributed by atoms with van der Waals surface area (Å²) in [4.78, 5) is 26.3. The van der Waals surface area contributed by atoms with E-state index in [0.29, 0.717) is 17.9 Å². The summed E-state index contributed by atoms with van der Waals surface area (Å²) in [6.45, 7) is 3.33. The van der Waals surface area contributed by atoms with Crippen molar-refractivity contribution in [1.29, 1.82) is 0 Å². The lowest BCUT2D eigenvalue weighted by molar-refractivity contribution is -0.115. The summed E-state index contributed by atoms with van der Waals surface area (Å²) in [7, 11) is 0. The molecule has 1 aromatic carbocycles. The molecule has 1 aliphatic rings. The lowest BCUT2D eigenvalue weighted by Gasteiger charge is -2.25. The van der Waals surface area contributed by atoms with Crippen molar-refractivity contribution in [3.05, 3.63) is 42.1 Å². The van der Waals surface area contributed by atoms with Gasteiger partial charge < -0.3 is 10.2 Å². The van der Waals surface area contributed by atoms with E-state index in [4.69, 9.17) is 0 Å². The molecule has 0 radical (unpaired) electrons. The van der Waals surface area contributed by atoms with Gasteiger partial charge in [-0.3, -0.25) is 9.59 Å². The number of likely N-dealkylation sites (tertiary alicyclic amines) is 1. The Kier molecular flexibility index (Phi) is 4.93. The van der Waals surface area contributed by atoms with Gasteiger partial charge in [0.15, 0.2) is 5.69 Å². The van der Waals surface area contributed by atoms with Crippen LogP contribution in [0.2, 0.25) is 0 Å². The van der Waals surface area contributed by atoms with Crippen molar-refractivity contribution in [3.8, 4) is 5.69 Å². The molecule has 6 heteroatoms. The first kappa shape index (κ1) is 16.2. The van der Waals surface area contributed by atoms with E-state index in [1.807, 2.05) is 35.2 Å². The van der Waals surface area contributed by atoms with Gasteiger partial charge in [-0.15, -0.1) is 0 Å². The zero-order chi connectivity index (χ0) is 16.9. The molecule has 2 amide bonds. The van der Waals surface area contributed by atoms with Crippen LogP contribution in [0.25, 0.3) is 5.69 Å². The van der Waals surface area contributed by atoms with Crippen LogP contribution in [0.4, 0.5) is 5.82 Å². The number of nitrogens with one attached hydrogen (secondary N) is 1. The van der Waals surface area contributed by atoms with Crippen molar-refractivity contribution in [3.63, 3.8) is 0 Å². The maximum Gasteiger partial charge on any atom is 0.274 e. The number of hydrogen-bond acceptors (Lipinski definition) is 3. The van der Waals surface area contributed by atoms with E-state index in [1.165, 1.54) is 6.42 Å². The fraction of sp³-hybridized carbons (Fsp3) is 0.389. The Bertz CT molecular complexity index is 718. The van der Waals surface area contributed by atoms with Crippen molar-refractivity contribution in [2.75, 3.05) is 18.4 Å². The molecular formula is C18H22N4O2. The Morgan fingerprint density at radius 3 is 2.50 bits per heavy atom. The molecule has 0 bridgehead atoms. The molecule has 24 heavy (non-hydrogen) atoms. The smallest absolute Gasteiger partial charge is 0.274 e. The standard InChI is InChI=1S/C18H22N4O2/c1-2-17(23)19-16-13-15(18(24)21-11-7-4-8-12-21)20-22(16)14-9-5-3-6-10-14/h3,5-6,9-10,13H,2,4,7-8,11-12H2,1H3,(H,19,23). The first-order valence-electron chi connectivity index (χ1n) is 8.43. The van der Waals surface area contributed by atoms with Crippen LogP contribution in [0.3, 0.4) is 0 Å². The van der Waals surface area contributed by atoms with Crippen LogP contribution >= 0.6 is 0 Å². The number of para-hydroxylation sites is 1. The zero-order valence-electron chi connectivity index (χ0n) is 13.9. The summed E-state index contributed by atoms with van der Waals surface area (Å²) in [5.74, 6) is 0.342. The number of benzene rings is 1. The minimum atomic E-state index is -0.107. The van der Waals surface area contributed by atoms with E-state index < -0.39 is 0 Å². The van der Waals surface area contributed by atoms with Gasteiger partial charge >= 0.3 is 0 Å². The maximum absolute atomic E-state index is 12.7. The molecule has 2 aromatic rings. The topological polar surface area (TPSA) is 67.2 Å². The van der Waals surface area contributed by atoms with Crippen LogP contribution in [0.1, 0.15) is 43.1 Å². The maximum atomic E-state index is 12.7. The van der Waals surface area contributed by atoms with Gasteiger partial charge in [-0.25, -0.2) is 4.68 Å². The van der Waals surface area contributed by atoms with Crippen molar-refractivity contribution in [2.24, 2.45) is 0 Å². The van der Waals surface area contributed by atoms with Gasteiger partial charge in [-0.2, -0.15) is 5.10 Å². The summed E-state index contributed by atoms with van der Waals surface area (Å²) in [6, 6.07) is 11.2. The Hall–Kier alpha value is -2.63. The second-order valence-electron chi connectivity index (χ2n) is 5.92. The lowest BCUT2D eigenvalue weighted by Crippen LogP contribution is -2.35. The van der Waals surface area contributed by atoms with E-state index in [0.717, 1.165) is 31.6 Å². The molecule has 0 spiro atoms. The van der Waals surface area contributed by atoms with Crippen LogP contribution in [0.15, 0.2) is 36.4 Å². The monoisotopic (exact) mass is 326 g/mol. The number of hydrogen-bond donors (Lipinski definition) is 1. The van der Waals surface area contributed by atoms with Gasteiger partial charge in [0.1, 0.15) is 5.82 Å². The molecule has 6 nitrogen and oxygen atoms in total. The van der Waals surface area contributed by atoms with E-state index in [2.05, 4.69) is 10.4 Å². The third kappa shape index (κ3) is 3.48. The minimum absolute atomic E-state index is 0.0728. The van der Waals surface area contributed by atoms with E-state index in [-0.39, 0.29) is 11.8 Å². The highest BCUT2D eigenvalue weighted by atomic mass is 16.2. The largest absolute Gasteiger partial charge is 0.337 e. The third-order valence-corrected chi connectivity index (χ3v) is 4.16. The molecule has 1 saturated heterocycles. The number of aromatic nitrogens is 2. The summed E-state index contributed by atoms with van der Waals surface area (Å²) in [6.07, 6.45) is 3.60. The second kappa shape index (κ2) is 7.29. The van der Waals surface area contributed by atoms with Crippen molar-refractivity contribution in [1.82, 2.24) is 14.7 Å². The molecule has 0 saturated carbocycles. The number of piperidine rings is 1. The van der Waals surface area contributed by atoms with Gasteiger partial charge in [0.05, 0.1) is 5.69 Å². The van der Waals surface area contributed by atoms with E-state index >= 15 is 0 Å². The fourth-order valence-corrected chi connectivity index (χ4v) is 2.83. The number of nitrogens with zero attached hydrogens (tertiary/aromatic N) is 3. The Morgan fingerprint density at radius 1 is 1.12 bits per heavy atom. The second-order valence-corrected chi connectivity index (χ2v) is 5.92. The van der Waals surface area contributed by atoms with Crippen LogP contribution in [0.5, 0.6) is 0 Å². The lowest BCUT2D eigenvalue weighted by atomic mass is 10.1. The normalized spacial score (nSPS) is 14.5. The molecule has 1 aromatic heterocycles. The minimum Gasteiger partial charge on any atom is -0.337 e. The van der Waals surface area contributed by atoms with Crippen molar-refractivity contribution >= 4 is 17.6 Å². The quantitative estimate of drug-likeness (QED) is 0.939. The zero-order valence-corrected chi connectivity index (χ0v) is 13.9. The number of rotatable bonds is 4. The summed E-state index contributed by atoms with van der Waals surface area (Å²) in [5, 5.41) is 7.28. The average Bonchev–Trinajstić information content (AvgIpc) is 3.06. The number of carbonyl (C=O) groups excluding carboxylic acids is 2. The molecule has 0 aliphatic carbocycles. The van der Waals surface area contributed by atoms with Gasteiger partial charge in [0, 0.05) is 25.6 Å². The van der Waals surface area contributed by atoms with Gasteiger partial charge in [0.25, 0.3) is 5.91 Å². The Labute approximate surface area is 141 Å². The predicted octanol–water partition coefficient (Wildman–Crippen LogP) is 2.85. The number of amides is 2. The van der Waals surface area contributed by atoms with E-state index in [1.54, 1.807) is 17.7 Å². The van der Waals surface area contributed by atoms with Crippen LogP contribution in [0, 0.1) is 0 Å². The molecule has 0 atom stereocenters. The highest BCUT2D eigenvalue weighted by Crippen LogP contribution is 2.20. The molecule has 1 N–H and O–H groups in total. The average molecular weight is 326 g/mol. The third-order valence-electron chi connectivity index (χ3n) is 4.16. The van der Waals surface area contributed by atoms with Crippen LogP contribution in [-0.4, -0.2) is 39.6 Å². The highest BCUT2D eigenvalue weighted by Gasteiger charge is 2.23. The van der Waals surface area contributed by atoms with Gasteiger partial charge in [-0.1, -0.05) is 25.1 Å². The predicted molar refractivity (Wildman–Crippen MR) is 92.2 cm³/mol. The molecule has 3 rings (SSSR count). The van der Waals surface area contributed by atoms with Crippen molar-refractivity contribution in [2.45, 2.75) is 32.6 Å². The first-order valence-corrected chi connectivity index (χ1v) is 8.43. The summed E-state index contributed by atoms with van der Waals surface area (Å²) in [5.41, 5.74) is 1.17. The number of anilines is 1. The van der Waals surface area contributed by atoms with Crippen LogP contribution in [-0.2, 0) is 4.79 Å². The van der Waals surface area contributed by atoms with Crippen LogP contribution < -0.4 is 5.32 Å². The molecule has 2 heterocycles. The van der Waals surface area contributed by atoms with Crippen molar-refractivity contribution < 1.29 is 9.59 Å². The Morgan fingerprint density at radius 2 is 1.83 bits per heavy atom. The molecule has 0 unspecified atom stereocenters.